The van der Waals surface area contributed by atoms with E-state index < -0.39 is 0 Å². The van der Waals surface area contributed by atoms with Gasteiger partial charge in [0.05, 0.1) is 0 Å². The molecule has 1 amide bonds. The van der Waals surface area contributed by atoms with Crippen LogP contribution in [0.4, 0.5) is 17.6 Å². The van der Waals surface area contributed by atoms with Gasteiger partial charge in [-0.25, -0.2) is 0 Å². The number of hydrogen-bond acceptors (Lipinski definition) is 7. The molecule has 1 aliphatic carbocycles. The zero-order valence-electron chi connectivity index (χ0n) is 18.5. The van der Waals surface area contributed by atoms with Gasteiger partial charge >= 0.3 is 0 Å². The molecule has 168 valence electrons. The molecule has 2 aromatic rings. The van der Waals surface area contributed by atoms with Crippen LogP contribution < -0.4 is 21.7 Å². The van der Waals surface area contributed by atoms with E-state index in [0.29, 0.717) is 36.6 Å². The second-order valence-corrected chi connectivity index (χ2v) is 8.91. The molecule has 1 aliphatic rings. The van der Waals surface area contributed by atoms with Crippen LogP contribution in [0.15, 0.2) is 35.2 Å². The van der Waals surface area contributed by atoms with E-state index in [4.69, 9.17) is 5.73 Å². The summed E-state index contributed by atoms with van der Waals surface area (Å²) in [5.74, 6) is 1.95. The molecule has 0 unspecified atom stereocenters. The van der Waals surface area contributed by atoms with Crippen molar-refractivity contribution in [2.45, 2.75) is 62.9 Å². The topological polar surface area (TPSA) is 105 Å². The molecule has 0 aliphatic heterocycles. The standard InChI is InChI=1S/C23H34N6OS/c1-3-25-23-28-20(24)14-21(29-23)27-19(13-16-7-5-4-6-8-16)22(30)26-15-17-9-11-18(31-2)12-10-17/h9-12,14,16,19H,3-8,13,15H2,1-2H3,(H,26,30)(H4,24,25,27,28,29)/t19-/m1/s1. The van der Waals surface area contributed by atoms with Crippen molar-refractivity contribution >= 4 is 35.3 Å². The molecular weight excluding hydrogens is 408 g/mol. The molecule has 0 saturated heterocycles. The summed E-state index contributed by atoms with van der Waals surface area (Å²) in [6, 6.07) is 9.60. The Hall–Kier alpha value is -2.48. The van der Waals surface area contributed by atoms with Crippen LogP contribution in [0.1, 0.15) is 51.0 Å². The molecule has 7 nitrogen and oxygen atoms in total. The maximum absolute atomic E-state index is 13.1. The second kappa shape index (κ2) is 11.8. The third-order valence-electron chi connectivity index (χ3n) is 5.64. The van der Waals surface area contributed by atoms with Crippen molar-refractivity contribution in [2.75, 3.05) is 29.2 Å². The van der Waals surface area contributed by atoms with Gasteiger partial charge in [-0.05, 0) is 43.2 Å². The summed E-state index contributed by atoms with van der Waals surface area (Å²) in [7, 11) is 0. The Kier molecular flexibility index (Phi) is 8.82. The lowest BCUT2D eigenvalue weighted by molar-refractivity contribution is -0.122. The van der Waals surface area contributed by atoms with Crippen LogP contribution in [0.3, 0.4) is 0 Å². The van der Waals surface area contributed by atoms with Gasteiger partial charge in [0.2, 0.25) is 11.9 Å². The lowest BCUT2D eigenvalue weighted by Gasteiger charge is -2.27. The first-order chi connectivity index (χ1) is 15.1. The number of nitrogen functional groups attached to an aromatic ring is 1. The van der Waals surface area contributed by atoms with Crippen LogP contribution in [0.2, 0.25) is 0 Å². The first-order valence-corrected chi connectivity index (χ1v) is 12.4. The van der Waals surface area contributed by atoms with E-state index in [-0.39, 0.29) is 11.9 Å². The third-order valence-corrected chi connectivity index (χ3v) is 6.38. The van der Waals surface area contributed by atoms with E-state index in [1.54, 1.807) is 17.8 Å². The molecule has 5 N–H and O–H groups in total. The number of nitrogens with one attached hydrogen (secondary N) is 3. The lowest BCUT2D eigenvalue weighted by atomic mass is 9.84. The van der Waals surface area contributed by atoms with Gasteiger partial charge in [0.15, 0.2) is 0 Å². The Morgan fingerprint density at radius 3 is 2.61 bits per heavy atom. The number of thioether (sulfide) groups is 1. The van der Waals surface area contributed by atoms with Gasteiger partial charge in [-0.2, -0.15) is 9.97 Å². The SMILES string of the molecule is CCNc1nc(N)cc(N[C@H](CC2CCCCC2)C(=O)NCc2ccc(SC)cc2)n1. The Morgan fingerprint density at radius 2 is 1.94 bits per heavy atom. The number of aromatic nitrogens is 2. The highest BCUT2D eigenvalue weighted by atomic mass is 32.2. The van der Waals surface area contributed by atoms with E-state index in [1.807, 2.05) is 6.92 Å². The van der Waals surface area contributed by atoms with Gasteiger partial charge in [0.25, 0.3) is 0 Å². The van der Waals surface area contributed by atoms with E-state index in [9.17, 15) is 4.79 Å². The summed E-state index contributed by atoms with van der Waals surface area (Å²) < 4.78 is 0. The van der Waals surface area contributed by atoms with Crippen molar-refractivity contribution in [3.8, 4) is 0 Å². The summed E-state index contributed by atoms with van der Waals surface area (Å²) in [4.78, 5) is 23.0. The average molecular weight is 443 g/mol. The van der Waals surface area contributed by atoms with Gasteiger partial charge in [-0.1, -0.05) is 44.2 Å². The van der Waals surface area contributed by atoms with Crippen molar-refractivity contribution in [1.29, 1.82) is 0 Å². The van der Waals surface area contributed by atoms with Crippen molar-refractivity contribution < 1.29 is 4.79 Å². The Bertz CT molecular complexity index is 838. The number of anilines is 3. The van der Waals surface area contributed by atoms with Gasteiger partial charge in [-0.3, -0.25) is 4.79 Å². The number of benzene rings is 1. The summed E-state index contributed by atoms with van der Waals surface area (Å²) >= 11 is 1.71. The van der Waals surface area contributed by atoms with Crippen LogP contribution >= 0.6 is 11.8 Å². The molecule has 0 radical (unpaired) electrons. The highest BCUT2D eigenvalue weighted by Crippen LogP contribution is 2.28. The average Bonchev–Trinajstić information content (AvgIpc) is 2.78. The maximum Gasteiger partial charge on any atom is 0.242 e. The molecule has 1 atom stereocenters. The zero-order valence-corrected chi connectivity index (χ0v) is 19.3. The fraction of sp³-hybridized carbons (Fsp3) is 0.522. The largest absolute Gasteiger partial charge is 0.383 e. The summed E-state index contributed by atoms with van der Waals surface area (Å²) in [6.07, 6.45) is 8.97. The van der Waals surface area contributed by atoms with Crippen LogP contribution in [0.5, 0.6) is 0 Å². The van der Waals surface area contributed by atoms with Gasteiger partial charge in [0.1, 0.15) is 17.7 Å². The van der Waals surface area contributed by atoms with Crippen LogP contribution in [0.25, 0.3) is 0 Å². The van der Waals surface area contributed by atoms with Crippen molar-refractivity contribution in [2.24, 2.45) is 5.92 Å². The van der Waals surface area contributed by atoms with E-state index in [2.05, 4.69) is 56.4 Å². The molecular formula is C23H34N6OS. The highest BCUT2D eigenvalue weighted by Gasteiger charge is 2.25. The molecule has 0 bridgehead atoms. The number of nitrogens with zero attached hydrogens (tertiary/aromatic N) is 2. The predicted octanol–water partition coefficient (Wildman–Crippen LogP) is 4.28. The highest BCUT2D eigenvalue weighted by molar-refractivity contribution is 7.98. The second-order valence-electron chi connectivity index (χ2n) is 8.03. The molecule has 1 heterocycles. The number of rotatable bonds is 10. The molecule has 1 fully saturated rings. The van der Waals surface area contributed by atoms with Gasteiger partial charge in [0, 0.05) is 24.1 Å². The lowest BCUT2D eigenvalue weighted by Crippen LogP contribution is -2.41. The minimum absolute atomic E-state index is 0.0123. The molecule has 1 saturated carbocycles. The molecule has 8 heteroatoms. The number of carbonyl (C=O) groups is 1. The van der Waals surface area contributed by atoms with E-state index in [1.165, 1.54) is 37.0 Å². The van der Waals surface area contributed by atoms with Crippen LogP contribution in [-0.4, -0.2) is 34.7 Å². The molecule has 1 aromatic carbocycles. The maximum atomic E-state index is 13.1. The van der Waals surface area contributed by atoms with Gasteiger partial charge < -0.3 is 21.7 Å². The minimum Gasteiger partial charge on any atom is -0.383 e. The summed E-state index contributed by atoms with van der Waals surface area (Å²) in [5, 5.41) is 9.52. The van der Waals surface area contributed by atoms with E-state index in [0.717, 1.165) is 12.0 Å². The van der Waals surface area contributed by atoms with Crippen molar-refractivity contribution in [1.82, 2.24) is 15.3 Å². The summed E-state index contributed by atoms with van der Waals surface area (Å²) in [5.41, 5.74) is 7.04. The number of carbonyl (C=O) groups excluding carboxylic acids is 1. The zero-order chi connectivity index (χ0) is 22.1. The number of amides is 1. The Balaban J connectivity index is 1.69. The van der Waals surface area contributed by atoms with E-state index >= 15 is 0 Å². The first kappa shape index (κ1) is 23.2. The van der Waals surface area contributed by atoms with Crippen LogP contribution in [-0.2, 0) is 11.3 Å². The first-order valence-electron chi connectivity index (χ1n) is 11.1. The molecule has 0 spiro atoms. The molecule has 31 heavy (non-hydrogen) atoms. The molecule has 3 rings (SSSR count). The number of nitrogens with two attached hydrogens (primary N) is 1. The number of hydrogen-bond donors (Lipinski definition) is 4. The quantitative estimate of drug-likeness (QED) is 0.407. The molecule has 1 aromatic heterocycles. The Labute approximate surface area is 189 Å². The predicted molar refractivity (Wildman–Crippen MR) is 129 cm³/mol. The fourth-order valence-corrected chi connectivity index (χ4v) is 4.41. The monoisotopic (exact) mass is 442 g/mol. The van der Waals surface area contributed by atoms with Crippen LogP contribution in [0, 0.1) is 5.92 Å². The third kappa shape index (κ3) is 7.31. The van der Waals surface area contributed by atoms with Crippen molar-refractivity contribution in [3.05, 3.63) is 35.9 Å². The fourth-order valence-electron chi connectivity index (χ4n) is 4.00. The van der Waals surface area contributed by atoms with Gasteiger partial charge in [-0.15, -0.1) is 11.8 Å². The summed E-state index contributed by atoms with van der Waals surface area (Å²) in [6.45, 7) is 3.18. The smallest absolute Gasteiger partial charge is 0.242 e. The minimum atomic E-state index is -0.364. The normalized spacial score (nSPS) is 15.3. The van der Waals surface area contributed by atoms with Crippen molar-refractivity contribution in [3.63, 3.8) is 0 Å². The Morgan fingerprint density at radius 1 is 1.19 bits per heavy atom.